The molecule has 2 heterocycles. The van der Waals surface area contributed by atoms with E-state index in [4.69, 9.17) is 4.74 Å². The minimum absolute atomic E-state index is 0.129. The van der Waals surface area contributed by atoms with Crippen LogP contribution in [0.2, 0.25) is 0 Å². The normalized spacial score (nSPS) is 15.9. The Balaban J connectivity index is 1.58. The molecule has 1 fully saturated rings. The molecule has 1 aromatic heterocycles. The van der Waals surface area contributed by atoms with Gasteiger partial charge in [0.05, 0.1) is 13.2 Å². The molecule has 0 radical (unpaired) electrons. The molecule has 3 rings (SSSR count). The van der Waals surface area contributed by atoms with Crippen molar-refractivity contribution in [3.05, 3.63) is 52.2 Å². The highest BCUT2D eigenvalue weighted by molar-refractivity contribution is 7.07. The number of amides is 1. The smallest absolute Gasteiger partial charge is 0.220 e. The third-order valence-corrected chi connectivity index (χ3v) is 5.53. The lowest BCUT2D eigenvalue weighted by Gasteiger charge is -2.28. The topological polar surface area (TPSA) is 41.6 Å². The summed E-state index contributed by atoms with van der Waals surface area (Å²) < 4.78 is 5.26. The molecule has 1 aromatic carbocycles. The molecule has 1 unspecified atom stereocenters. The monoisotopic (exact) mass is 358 g/mol. The van der Waals surface area contributed by atoms with Crippen molar-refractivity contribution in [2.24, 2.45) is 0 Å². The van der Waals surface area contributed by atoms with Crippen LogP contribution in [-0.2, 0) is 11.2 Å². The van der Waals surface area contributed by atoms with Crippen LogP contribution < -0.4 is 10.1 Å². The van der Waals surface area contributed by atoms with Crippen LogP contribution in [0.25, 0.3) is 0 Å². The van der Waals surface area contributed by atoms with E-state index in [0.717, 1.165) is 25.3 Å². The van der Waals surface area contributed by atoms with Crippen molar-refractivity contribution < 1.29 is 9.53 Å². The van der Waals surface area contributed by atoms with E-state index >= 15 is 0 Å². The number of hydrogen-bond donors (Lipinski definition) is 1. The summed E-state index contributed by atoms with van der Waals surface area (Å²) in [5.41, 5.74) is 2.48. The third kappa shape index (κ3) is 5.06. The number of nitrogens with one attached hydrogen (secondary N) is 1. The van der Waals surface area contributed by atoms with Gasteiger partial charge in [-0.1, -0.05) is 12.1 Å². The first-order valence-corrected chi connectivity index (χ1v) is 9.86. The summed E-state index contributed by atoms with van der Waals surface area (Å²) in [6.07, 6.45) is 3.83. The number of rotatable bonds is 8. The Morgan fingerprint density at radius 3 is 2.64 bits per heavy atom. The summed E-state index contributed by atoms with van der Waals surface area (Å²) in [5, 5.41) is 7.31. The number of methoxy groups -OCH3 is 1. The molecule has 0 spiro atoms. The number of ether oxygens (including phenoxy) is 1. The second-order valence-corrected chi connectivity index (χ2v) is 7.25. The number of thiophene rings is 1. The van der Waals surface area contributed by atoms with Crippen molar-refractivity contribution in [1.82, 2.24) is 10.2 Å². The van der Waals surface area contributed by atoms with Crippen LogP contribution >= 0.6 is 11.3 Å². The Morgan fingerprint density at radius 2 is 2.00 bits per heavy atom. The van der Waals surface area contributed by atoms with Gasteiger partial charge in [-0.25, -0.2) is 0 Å². The van der Waals surface area contributed by atoms with Gasteiger partial charge in [0.2, 0.25) is 5.91 Å². The molecular weight excluding hydrogens is 332 g/mol. The number of hydrogen-bond acceptors (Lipinski definition) is 4. The van der Waals surface area contributed by atoms with Gasteiger partial charge in [0.25, 0.3) is 0 Å². The minimum atomic E-state index is 0.129. The van der Waals surface area contributed by atoms with Crippen LogP contribution in [0.15, 0.2) is 41.1 Å². The number of aryl methyl sites for hydroxylation is 1. The van der Waals surface area contributed by atoms with E-state index in [0.29, 0.717) is 13.0 Å². The summed E-state index contributed by atoms with van der Waals surface area (Å²) in [6.45, 7) is 2.86. The first kappa shape index (κ1) is 18.0. The largest absolute Gasteiger partial charge is 0.497 e. The second-order valence-electron chi connectivity index (χ2n) is 6.47. The molecule has 25 heavy (non-hydrogen) atoms. The van der Waals surface area contributed by atoms with E-state index in [2.05, 4.69) is 39.2 Å². The van der Waals surface area contributed by atoms with Gasteiger partial charge in [0.15, 0.2) is 0 Å². The maximum Gasteiger partial charge on any atom is 0.220 e. The van der Waals surface area contributed by atoms with Crippen LogP contribution in [0, 0.1) is 0 Å². The average Bonchev–Trinajstić information content (AvgIpc) is 3.35. The maximum absolute atomic E-state index is 12.2. The molecular formula is C20H26N2O2S. The Labute approximate surface area is 153 Å². The molecule has 4 nitrogen and oxygen atoms in total. The van der Waals surface area contributed by atoms with Crippen molar-refractivity contribution in [2.75, 3.05) is 26.7 Å². The lowest BCUT2D eigenvalue weighted by atomic mass is 10.0. The fourth-order valence-electron chi connectivity index (χ4n) is 3.33. The zero-order valence-corrected chi connectivity index (χ0v) is 15.6. The standard InChI is InChI=1S/C20H26N2O2S/c1-24-18-7-5-17(6-8-18)19(22-11-2-3-12-22)14-21-20(23)9-4-16-10-13-25-15-16/h5-8,10,13,15,19H,2-4,9,11-12,14H2,1H3,(H,21,23). The summed E-state index contributed by atoms with van der Waals surface area (Å²) in [4.78, 5) is 14.7. The first-order chi connectivity index (χ1) is 12.3. The van der Waals surface area contributed by atoms with Gasteiger partial charge in [-0.05, 0) is 72.4 Å². The highest BCUT2D eigenvalue weighted by Gasteiger charge is 2.24. The molecule has 0 saturated carbocycles. The third-order valence-electron chi connectivity index (χ3n) is 4.80. The van der Waals surface area contributed by atoms with E-state index in [1.807, 2.05) is 12.1 Å². The zero-order chi connectivity index (χ0) is 17.5. The van der Waals surface area contributed by atoms with E-state index in [9.17, 15) is 4.79 Å². The van der Waals surface area contributed by atoms with Gasteiger partial charge in [-0.3, -0.25) is 9.69 Å². The van der Waals surface area contributed by atoms with Gasteiger partial charge in [0, 0.05) is 13.0 Å². The van der Waals surface area contributed by atoms with Crippen LogP contribution in [-0.4, -0.2) is 37.6 Å². The molecule has 0 bridgehead atoms. The fourth-order valence-corrected chi connectivity index (χ4v) is 4.03. The van der Waals surface area contributed by atoms with Crippen LogP contribution in [0.4, 0.5) is 0 Å². The van der Waals surface area contributed by atoms with Crippen molar-refractivity contribution in [1.29, 1.82) is 0 Å². The van der Waals surface area contributed by atoms with E-state index in [1.165, 1.54) is 24.0 Å². The molecule has 0 aliphatic carbocycles. The molecule has 1 N–H and O–H groups in total. The van der Waals surface area contributed by atoms with Crippen molar-refractivity contribution in [3.8, 4) is 5.75 Å². The average molecular weight is 359 g/mol. The SMILES string of the molecule is COc1ccc(C(CNC(=O)CCc2ccsc2)N2CCCC2)cc1. The summed E-state index contributed by atoms with van der Waals surface area (Å²) in [6, 6.07) is 10.5. The molecule has 2 aromatic rings. The van der Waals surface area contributed by atoms with Gasteiger partial charge >= 0.3 is 0 Å². The molecule has 1 aliphatic heterocycles. The van der Waals surface area contributed by atoms with Gasteiger partial charge in [0.1, 0.15) is 5.75 Å². The fraction of sp³-hybridized carbons (Fsp3) is 0.450. The predicted octanol–water partition coefficient (Wildman–Crippen LogP) is 3.64. The van der Waals surface area contributed by atoms with Crippen LogP contribution in [0.3, 0.4) is 0 Å². The number of carbonyl (C=O) groups excluding carboxylic acids is 1. The van der Waals surface area contributed by atoms with Crippen LogP contribution in [0.5, 0.6) is 5.75 Å². The Bertz CT molecular complexity index is 649. The van der Waals surface area contributed by atoms with Crippen LogP contribution in [0.1, 0.15) is 36.4 Å². The minimum Gasteiger partial charge on any atom is -0.497 e. The number of benzene rings is 1. The highest BCUT2D eigenvalue weighted by atomic mass is 32.1. The molecule has 134 valence electrons. The number of likely N-dealkylation sites (tertiary alicyclic amines) is 1. The number of carbonyl (C=O) groups is 1. The lowest BCUT2D eigenvalue weighted by molar-refractivity contribution is -0.121. The maximum atomic E-state index is 12.2. The Kier molecular flexibility index (Phi) is 6.48. The van der Waals surface area contributed by atoms with Gasteiger partial charge in [-0.2, -0.15) is 11.3 Å². The molecule has 1 saturated heterocycles. The van der Waals surface area contributed by atoms with Crippen molar-refractivity contribution >= 4 is 17.2 Å². The van der Waals surface area contributed by atoms with E-state index < -0.39 is 0 Å². The Hall–Kier alpha value is -1.85. The Morgan fingerprint density at radius 1 is 1.24 bits per heavy atom. The molecule has 1 amide bonds. The van der Waals surface area contributed by atoms with Crippen molar-refractivity contribution in [2.45, 2.75) is 31.7 Å². The molecule has 5 heteroatoms. The first-order valence-electron chi connectivity index (χ1n) is 8.92. The predicted molar refractivity (Wildman–Crippen MR) is 102 cm³/mol. The summed E-state index contributed by atoms with van der Waals surface area (Å²) in [7, 11) is 1.68. The van der Waals surface area contributed by atoms with E-state index in [-0.39, 0.29) is 11.9 Å². The highest BCUT2D eigenvalue weighted by Crippen LogP contribution is 2.26. The lowest BCUT2D eigenvalue weighted by Crippen LogP contribution is -2.36. The summed E-state index contributed by atoms with van der Waals surface area (Å²) >= 11 is 1.68. The number of nitrogens with zero attached hydrogens (tertiary/aromatic N) is 1. The van der Waals surface area contributed by atoms with Gasteiger partial charge in [-0.15, -0.1) is 0 Å². The van der Waals surface area contributed by atoms with Crippen molar-refractivity contribution in [3.63, 3.8) is 0 Å². The zero-order valence-electron chi connectivity index (χ0n) is 14.7. The quantitative estimate of drug-likeness (QED) is 0.783. The van der Waals surface area contributed by atoms with Gasteiger partial charge < -0.3 is 10.1 Å². The van der Waals surface area contributed by atoms with E-state index in [1.54, 1.807) is 18.4 Å². The second kappa shape index (κ2) is 9.02. The molecule has 1 aliphatic rings. The molecule has 1 atom stereocenters. The summed E-state index contributed by atoms with van der Waals surface area (Å²) in [5.74, 6) is 0.993.